The van der Waals surface area contributed by atoms with Gasteiger partial charge >= 0.3 is 0 Å². The van der Waals surface area contributed by atoms with Crippen molar-refractivity contribution in [2.24, 2.45) is 0 Å². The SMILES string of the molecule is COc1ccc(CN2CCN(Cc3ccccc3)C(CCO)C2)cc1. The zero-order valence-corrected chi connectivity index (χ0v) is 15.0. The molecule has 0 aromatic heterocycles. The first-order valence-electron chi connectivity index (χ1n) is 9.02. The summed E-state index contributed by atoms with van der Waals surface area (Å²) in [6.45, 7) is 5.25. The molecule has 2 aromatic carbocycles. The average Bonchev–Trinajstić information content (AvgIpc) is 2.65. The first-order chi connectivity index (χ1) is 12.3. The van der Waals surface area contributed by atoms with E-state index in [2.05, 4.69) is 52.3 Å². The second kappa shape index (κ2) is 8.99. The quantitative estimate of drug-likeness (QED) is 0.841. The van der Waals surface area contributed by atoms with E-state index >= 15 is 0 Å². The van der Waals surface area contributed by atoms with Gasteiger partial charge in [-0.05, 0) is 29.7 Å². The van der Waals surface area contributed by atoms with E-state index < -0.39 is 0 Å². The second-order valence-electron chi connectivity index (χ2n) is 6.71. The van der Waals surface area contributed by atoms with Crippen LogP contribution in [-0.4, -0.2) is 54.3 Å². The third kappa shape index (κ3) is 5.05. The molecule has 2 aromatic rings. The van der Waals surface area contributed by atoms with Crippen LogP contribution in [0.1, 0.15) is 17.5 Å². The van der Waals surface area contributed by atoms with Crippen LogP contribution >= 0.6 is 0 Å². The molecule has 0 spiro atoms. The van der Waals surface area contributed by atoms with Gasteiger partial charge < -0.3 is 9.84 Å². The Kier molecular flexibility index (Phi) is 6.45. The Morgan fingerprint density at radius 2 is 1.68 bits per heavy atom. The fourth-order valence-corrected chi connectivity index (χ4v) is 3.54. The normalized spacial score (nSPS) is 19.0. The second-order valence-corrected chi connectivity index (χ2v) is 6.71. The molecular formula is C21H28N2O2. The number of nitrogens with zero attached hydrogens (tertiary/aromatic N) is 2. The highest BCUT2D eigenvalue weighted by molar-refractivity contribution is 5.27. The van der Waals surface area contributed by atoms with Gasteiger partial charge in [-0.25, -0.2) is 0 Å². The number of methoxy groups -OCH3 is 1. The van der Waals surface area contributed by atoms with E-state index in [-0.39, 0.29) is 6.61 Å². The Morgan fingerprint density at radius 1 is 0.960 bits per heavy atom. The lowest BCUT2D eigenvalue weighted by Crippen LogP contribution is -2.52. The summed E-state index contributed by atoms with van der Waals surface area (Å²) < 4.78 is 5.23. The molecule has 1 heterocycles. The minimum Gasteiger partial charge on any atom is -0.497 e. The summed E-state index contributed by atoms with van der Waals surface area (Å²) in [6.07, 6.45) is 0.825. The fourth-order valence-electron chi connectivity index (χ4n) is 3.54. The third-order valence-corrected chi connectivity index (χ3v) is 4.94. The van der Waals surface area contributed by atoms with E-state index in [9.17, 15) is 5.11 Å². The zero-order valence-electron chi connectivity index (χ0n) is 15.0. The zero-order chi connectivity index (χ0) is 17.5. The average molecular weight is 340 g/mol. The van der Waals surface area contributed by atoms with Crippen LogP contribution in [0.15, 0.2) is 54.6 Å². The van der Waals surface area contributed by atoms with Crippen LogP contribution in [-0.2, 0) is 13.1 Å². The first-order valence-corrected chi connectivity index (χ1v) is 9.02. The smallest absolute Gasteiger partial charge is 0.118 e. The van der Waals surface area contributed by atoms with Crippen molar-refractivity contribution < 1.29 is 9.84 Å². The highest BCUT2D eigenvalue weighted by Crippen LogP contribution is 2.19. The number of hydrogen-bond acceptors (Lipinski definition) is 4. The van der Waals surface area contributed by atoms with Crippen LogP contribution in [0, 0.1) is 0 Å². The van der Waals surface area contributed by atoms with Gasteiger partial charge in [-0.15, -0.1) is 0 Å². The molecule has 0 bridgehead atoms. The van der Waals surface area contributed by atoms with Crippen LogP contribution in [0.3, 0.4) is 0 Å². The molecule has 1 atom stereocenters. The minimum absolute atomic E-state index is 0.242. The van der Waals surface area contributed by atoms with Crippen LogP contribution in [0.25, 0.3) is 0 Å². The predicted octanol–water partition coefficient (Wildman–Crippen LogP) is 2.76. The van der Waals surface area contributed by atoms with Gasteiger partial charge in [0.1, 0.15) is 5.75 Å². The molecule has 25 heavy (non-hydrogen) atoms. The Labute approximate surface area is 150 Å². The number of hydrogen-bond donors (Lipinski definition) is 1. The molecule has 0 aliphatic carbocycles. The summed E-state index contributed by atoms with van der Waals surface area (Å²) in [5, 5.41) is 9.48. The Morgan fingerprint density at radius 3 is 2.36 bits per heavy atom. The van der Waals surface area contributed by atoms with Gasteiger partial charge in [-0.3, -0.25) is 9.80 Å². The maximum absolute atomic E-state index is 9.48. The highest BCUT2D eigenvalue weighted by Gasteiger charge is 2.26. The van der Waals surface area contributed by atoms with Gasteiger partial charge in [0.25, 0.3) is 0 Å². The molecule has 0 radical (unpaired) electrons. The van der Waals surface area contributed by atoms with Crippen molar-refractivity contribution in [2.45, 2.75) is 25.6 Å². The number of ether oxygens (including phenoxy) is 1. The summed E-state index contributed by atoms with van der Waals surface area (Å²) in [5.41, 5.74) is 2.65. The molecule has 0 amide bonds. The van der Waals surface area contributed by atoms with Crippen LogP contribution < -0.4 is 4.74 Å². The van der Waals surface area contributed by atoms with Crippen LogP contribution in [0.2, 0.25) is 0 Å². The highest BCUT2D eigenvalue weighted by atomic mass is 16.5. The van der Waals surface area contributed by atoms with Gasteiger partial charge in [-0.1, -0.05) is 42.5 Å². The molecule has 134 valence electrons. The number of benzene rings is 2. The Balaban J connectivity index is 1.60. The number of aliphatic hydroxyl groups is 1. The van der Waals surface area contributed by atoms with Crippen molar-refractivity contribution in [2.75, 3.05) is 33.4 Å². The number of aliphatic hydroxyl groups excluding tert-OH is 1. The van der Waals surface area contributed by atoms with E-state index in [4.69, 9.17) is 4.74 Å². The molecule has 1 saturated heterocycles. The summed E-state index contributed by atoms with van der Waals surface area (Å²) in [7, 11) is 1.69. The first kappa shape index (κ1) is 17.9. The molecule has 1 fully saturated rings. The fraction of sp³-hybridized carbons (Fsp3) is 0.429. The van der Waals surface area contributed by atoms with Gasteiger partial charge in [0.05, 0.1) is 7.11 Å². The lowest BCUT2D eigenvalue weighted by molar-refractivity contribution is 0.0500. The number of rotatable bonds is 7. The largest absolute Gasteiger partial charge is 0.497 e. The topological polar surface area (TPSA) is 35.9 Å². The molecule has 1 aliphatic heterocycles. The van der Waals surface area contributed by atoms with E-state index in [0.29, 0.717) is 6.04 Å². The maximum Gasteiger partial charge on any atom is 0.118 e. The van der Waals surface area contributed by atoms with E-state index in [1.54, 1.807) is 7.11 Å². The molecule has 1 N–H and O–H groups in total. The summed E-state index contributed by atoms with van der Waals surface area (Å²) >= 11 is 0. The molecular weight excluding hydrogens is 312 g/mol. The molecule has 1 aliphatic rings. The Bertz CT molecular complexity index is 630. The van der Waals surface area contributed by atoms with Gasteiger partial charge in [-0.2, -0.15) is 0 Å². The van der Waals surface area contributed by atoms with Crippen molar-refractivity contribution in [3.05, 3.63) is 65.7 Å². The minimum atomic E-state index is 0.242. The van der Waals surface area contributed by atoms with Gasteiger partial charge in [0, 0.05) is 45.4 Å². The predicted molar refractivity (Wildman–Crippen MR) is 101 cm³/mol. The van der Waals surface area contributed by atoms with Gasteiger partial charge in [0.2, 0.25) is 0 Å². The lowest BCUT2D eigenvalue weighted by Gasteiger charge is -2.41. The van der Waals surface area contributed by atoms with Crippen molar-refractivity contribution in [3.63, 3.8) is 0 Å². The lowest BCUT2D eigenvalue weighted by atomic mass is 10.1. The standard InChI is InChI=1S/C21H28N2O2/c1-25-21-9-7-19(8-10-21)15-22-12-13-23(20(17-22)11-14-24)16-18-5-3-2-4-6-18/h2-10,20,24H,11-17H2,1H3. The van der Waals surface area contributed by atoms with Crippen molar-refractivity contribution in [1.82, 2.24) is 9.80 Å². The van der Waals surface area contributed by atoms with E-state index in [1.165, 1.54) is 11.1 Å². The van der Waals surface area contributed by atoms with E-state index in [0.717, 1.165) is 44.9 Å². The van der Waals surface area contributed by atoms with Crippen molar-refractivity contribution >= 4 is 0 Å². The summed E-state index contributed by atoms with van der Waals surface area (Å²) in [5.74, 6) is 0.898. The van der Waals surface area contributed by atoms with Crippen molar-refractivity contribution in [3.8, 4) is 5.75 Å². The molecule has 4 heteroatoms. The molecule has 1 unspecified atom stereocenters. The van der Waals surface area contributed by atoms with Crippen molar-refractivity contribution in [1.29, 1.82) is 0 Å². The van der Waals surface area contributed by atoms with Crippen LogP contribution in [0.5, 0.6) is 5.75 Å². The molecule has 0 saturated carbocycles. The summed E-state index contributed by atoms with van der Waals surface area (Å²) in [6, 6.07) is 19.3. The third-order valence-electron chi connectivity index (χ3n) is 4.94. The molecule has 4 nitrogen and oxygen atoms in total. The monoisotopic (exact) mass is 340 g/mol. The van der Waals surface area contributed by atoms with Crippen LogP contribution in [0.4, 0.5) is 0 Å². The Hall–Kier alpha value is -1.88. The molecule has 3 rings (SSSR count). The maximum atomic E-state index is 9.48. The summed E-state index contributed by atoms with van der Waals surface area (Å²) in [4.78, 5) is 5.00. The number of piperazine rings is 1. The van der Waals surface area contributed by atoms with Gasteiger partial charge in [0.15, 0.2) is 0 Å². The van der Waals surface area contributed by atoms with E-state index in [1.807, 2.05) is 12.1 Å².